The number of ether oxygens (including phenoxy) is 1. The molecule has 0 saturated heterocycles. The molecular weight excluding hydrogens is 256 g/mol. The zero-order chi connectivity index (χ0) is 14.1. The average molecular weight is 270 g/mol. The Morgan fingerprint density at radius 3 is 3.00 bits per heavy atom. The van der Waals surface area contributed by atoms with E-state index < -0.39 is 0 Å². The fourth-order valence-electron chi connectivity index (χ4n) is 2.11. The first-order valence-corrected chi connectivity index (χ1v) is 6.22. The molecule has 0 saturated carbocycles. The van der Waals surface area contributed by atoms with Gasteiger partial charge >= 0.3 is 0 Å². The van der Waals surface area contributed by atoms with Crippen LogP contribution in [0, 0.1) is 0 Å². The zero-order valence-corrected chi connectivity index (χ0v) is 11.3. The molecule has 0 bridgehead atoms. The number of nitrogens with zero attached hydrogens (tertiary/aromatic N) is 3. The molecule has 1 aromatic carbocycles. The molecule has 1 N–H and O–H groups in total. The number of hydrogen-bond donors (Lipinski definition) is 1. The second-order valence-corrected chi connectivity index (χ2v) is 4.48. The minimum Gasteiger partial charge on any atom is -0.481 e. The first-order valence-electron chi connectivity index (χ1n) is 6.22. The molecule has 20 heavy (non-hydrogen) atoms. The van der Waals surface area contributed by atoms with Crippen molar-refractivity contribution >= 4 is 23.0 Å². The van der Waals surface area contributed by atoms with Crippen LogP contribution in [-0.2, 0) is 9.53 Å². The van der Waals surface area contributed by atoms with Gasteiger partial charge < -0.3 is 10.1 Å². The van der Waals surface area contributed by atoms with Crippen LogP contribution in [0.25, 0.3) is 0 Å². The molecule has 1 amide bonds. The van der Waals surface area contributed by atoms with Crippen molar-refractivity contribution in [2.45, 2.75) is 6.92 Å². The van der Waals surface area contributed by atoms with E-state index in [1.165, 1.54) is 0 Å². The van der Waals surface area contributed by atoms with Crippen molar-refractivity contribution in [3.63, 3.8) is 0 Å². The summed E-state index contributed by atoms with van der Waals surface area (Å²) in [5, 5.41) is 8.74. The van der Waals surface area contributed by atoms with Gasteiger partial charge in [-0.15, -0.1) is 0 Å². The predicted octanol–water partition coefficient (Wildman–Crippen LogP) is 1.56. The number of hydrogen-bond acceptors (Lipinski definition) is 5. The molecule has 0 unspecified atom stereocenters. The number of benzene rings is 1. The summed E-state index contributed by atoms with van der Waals surface area (Å²) in [5.74, 6) is 0.357. The lowest BCUT2D eigenvalue weighted by molar-refractivity contribution is -0.110. The van der Waals surface area contributed by atoms with E-state index in [2.05, 4.69) is 15.4 Å². The van der Waals surface area contributed by atoms with Crippen LogP contribution >= 0.6 is 0 Å². The Morgan fingerprint density at radius 2 is 2.20 bits per heavy atom. The Hall–Kier alpha value is -2.63. The van der Waals surface area contributed by atoms with Gasteiger partial charge in [-0.25, -0.2) is 5.01 Å². The maximum absolute atomic E-state index is 12.0. The van der Waals surface area contributed by atoms with E-state index in [1.54, 1.807) is 18.2 Å². The van der Waals surface area contributed by atoms with Crippen LogP contribution in [0.5, 0.6) is 0 Å². The molecule has 2 aliphatic rings. The number of aliphatic imine (C=N–C) groups is 1. The van der Waals surface area contributed by atoms with Gasteiger partial charge in [0.15, 0.2) is 5.71 Å². The summed E-state index contributed by atoms with van der Waals surface area (Å²) in [5.41, 5.74) is 2.81. The molecule has 0 radical (unpaired) electrons. The standard InChI is InChI=1S/C14H14N4O2/c1-9-7-12(20-2)18(8-15-9)17-13-10-5-3-4-6-11(10)16-14(13)19/h3-7H,8H2,1-2H3,(H,16,17,19). The van der Waals surface area contributed by atoms with E-state index in [9.17, 15) is 4.79 Å². The summed E-state index contributed by atoms with van der Waals surface area (Å²) < 4.78 is 5.28. The van der Waals surface area contributed by atoms with Gasteiger partial charge in [0, 0.05) is 17.4 Å². The fourth-order valence-corrected chi connectivity index (χ4v) is 2.11. The largest absolute Gasteiger partial charge is 0.481 e. The van der Waals surface area contributed by atoms with Gasteiger partial charge in [0.1, 0.15) is 6.67 Å². The number of anilines is 1. The number of allylic oxidation sites excluding steroid dienone is 1. The molecule has 2 aliphatic heterocycles. The Labute approximate surface area is 116 Å². The fraction of sp³-hybridized carbons (Fsp3) is 0.214. The number of methoxy groups -OCH3 is 1. The molecule has 0 fully saturated rings. The van der Waals surface area contributed by atoms with Crippen LogP contribution < -0.4 is 5.32 Å². The maximum atomic E-state index is 12.0. The highest BCUT2D eigenvalue weighted by atomic mass is 16.5. The average Bonchev–Trinajstić information content (AvgIpc) is 2.77. The molecular formula is C14H14N4O2. The smallest absolute Gasteiger partial charge is 0.276 e. The minimum atomic E-state index is -0.215. The van der Waals surface area contributed by atoms with Gasteiger partial charge in [0.25, 0.3) is 5.91 Å². The van der Waals surface area contributed by atoms with Crippen LogP contribution in [0.3, 0.4) is 0 Å². The van der Waals surface area contributed by atoms with Crippen molar-refractivity contribution in [1.29, 1.82) is 0 Å². The van der Waals surface area contributed by atoms with E-state index in [0.29, 0.717) is 18.3 Å². The normalized spacial score (nSPS) is 19.4. The van der Waals surface area contributed by atoms with Crippen molar-refractivity contribution < 1.29 is 9.53 Å². The molecule has 6 heteroatoms. The predicted molar refractivity (Wildman–Crippen MR) is 76.5 cm³/mol. The van der Waals surface area contributed by atoms with Crippen molar-refractivity contribution in [1.82, 2.24) is 5.01 Å². The van der Waals surface area contributed by atoms with Gasteiger partial charge in [-0.1, -0.05) is 18.2 Å². The second kappa shape index (κ2) is 4.80. The molecule has 102 valence electrons. The van der Waals surface area contributed by atoms with Crippen LogP contribution in [0.1, 0.15) is 12.5 Å². The van der Waals surface area contributed by atoms with Gasteiger partial charge in [-0.2, -0.15) is 5.10 Å². The Balaban J connectivity index is 1.97. The van der Waals surface area contributed by atoms with E-state index >= 15 is 0 Å². The lowest BCUT2D eigenvalue weighted by Crippen LogP contribution is -2.27. The topological polar surface area (TPSA) is 66.3 Å². The highest BCUT2D eigenvalue weighted by Gasteiger charge is 2.27. The monoisotopic (exact) mass is 270 g/mol. The lowest BCUT2D eigenvalue weighted by atomic mass is 10.1. The first-order chi connectivity index (χ1) is 9.69. The van der Waals surface area contributed by atoms with Crippen molar-refractivity contribution in [3.05, 3.63) is 41.8 Å². The van der Waals surface area contributed by atoms with E-state index in [1.807, 2.05) is 31.2 Å². The summed E-state index contributed by atoms with van der Waals surface area (Å²) in [6.07, 6.45) is 1.78. The number of nitrogens with one attached hydrogen (secondary N) is 1. The first kappa shape index (κ1) is 12.4. The number of carbonyl (C=O) groups excluding carboxylic acids is 1. The second-order valence-electron chi connectivity index (χ2n) is 4.48. The number of carbonyl (C=O) groups is 1. The van der Waals surface area contributed by atoms with Crippen LogP contribution in [0.2, 0.25) is 0 Å². The van der Waals surface area contributed by atoms with Gasteiger partial charge in [0.2, 0.25) is 5.88 Å². The SMILES string of the molecule is COC1=CC(C)=NCN1N=C1C(=O)Nc2ccccc21. The van der Waals surface area contributed by atoms with Crippen molar-refractivity contribution in [3.8, 4) is 0 Å². The number of para-hydroxylation sites is 1. The quantitative estimate of drug-likeness (QED) is 0.887. The van der Waals surface area contributed by atoms with Crippen molar-refractivity contribution in [2.75, 3.05) is 19.1 Å². The maximum Gasteiger partial charge on any atom is 0.276 e. The van der Waals surface area contributed by atoms with Crippen molar-refractivity contribution in [2.24, 2.45) is 10.1 Å². The molecule has 2 heterocycles. The number of fused-ring (bicyclic) bond motifs is 1. The van der Waals surface area contributed by atoms with E-state index in [4.69, 9.17) is 4.74 Å². The number of rotatable bonds is 2. The molecule has 0 aliphatic carbocycles. The Morgan fingerprint density at radius 1 is 1.40 bits per heavy atom. The lowest BCUT2D eigenvalue weighted by Gasteiger charge is -2.22. The number of amides is 1. The van der Waals surface area contributed by atoms with Crippen LogP contribution in [0.15, 0.2) is 46.3 Å². The highest BCUT2D eigenvalue weighted by Crippen LogP contribution is 2.24. The van der Waals surface area contributed by atoms with E-state index in [0.717, 1.165) is 17.0 Å². The zero-order valence-electron chi connectivity index (χ0n) is 11.3. The van der Waals surface area contributed by atoms with Gasteiger partial charge in [-0.3, -0.25) is 9.79 Å². The highest BCUT2D eigenvalue weighted by molar-refractivity contribution is 6.53. The third-order valence-electron chi connectivity index (χ3n) is 3.12. The third kappa shape index (κ3) is 2.05. The summed E-state index contributed by atoms with van der Waals surface area (Å²) in [6.45, 7) is 2.23. The number of hydrazone groups is 1. The summed E-state index contributed by atoms with van der Waals surface area (Å²) in [4.78, 5) is 16.3. The molecule has 0 spiro atoms. The van der Waals surface area contributed by atoms with Gasteiger partial charge in [-0.05, 0) is 13.0 Å². The van der Waals surface area contributed by atoms with Crippen LogP contribution in [-0.4, -0.2) is 36.1 Å². The Bertz CT molecular complexity index is 661. The molecule has 1 aromatic rings. The van der Waals surface area contributed by atoms with E-state index in [-0.39, 0.29) is 5.91 Å². The summed E-state index contributed by atoms with van der Waals surface area (Å²) in [7, 11) is 1.57. The summed E-state index contributed by atoms with van der Waals surface area (Å²) >= 11 is 0. The Kier molecular flexibility index (Phi) is 2.98. The van der Waals surface area contributed by atoms with Gasteiger partial charge in [0.05, 0.1) is 12.8 Å². The summed E-state index contributed by atoms with van der Waals surface area (Å²) in [6, 6.07) is 7.46. The molecule has 3 rings (SSSR count). The van der Waals surface area contributed by atoms with Crippen LogP contribution in [0.4, 0.5) is 5.69 Å². The minimum absolute atomic E-state index is 0.215. The third-order valence-corrected chi connectivity index (χ3v) is 3.12. The molecule has 6 nitrogen and oxygen atoms in total. The molecule has 0 atom stereocenters. The molecule has 0 aromatic heterocycles.